The Morgan fingerprint density at radius 2 is 2.20 bits per heavy atom. The molecular formula is C15H21N3O2. The van der Waals surface area contributed by atoms with Crippen molar-refractivity contribution in [2.24, 2.45) is 0 Å². The van der Waals surface area contributed by atoms with Gasteiger partial charge in [0.05, 0.1) is 13.3 Å². The molecule has 0 fully saturated rings. The van der Waals surface area contributed by atoms with Gasteiger partial charge in [-0.15, -0.1) is 0 Å². The predicted molar refractivity (Wildman–Crippen MR) is 78.0 cm³/mol. The Morgan fingerprint density at radius 1 is 1.35 bits per heavy atom. The van der Waals surface area contributed by atoms with E-state index in [1.54, 1.807) is 7.11 Å². The molecule has 2 rings (SSSR count). The maximum Gasteiger partial charge on any atom is 0.166 e. The summed E-state index contributed by atoms with van der Waals surface area (Å²) in [4.78, 5) is 0. The van der Waals surface area contributed by atoms with E-state index in [9.17, 15) is 0 Å². The first-order chi connectivity index (χ1) is 9.78. The normalized spacial score (nSPS) is 10.6. The molecule has 1 heterocycles. The van der Waals surface area contributed by atoms with Gasteiger partial charge < -0.3 is 14.8 Å². The zero-order chi connectivity index (χ0) is 14.4. The number of nitrogens with one attached hydrogen (secondary N) is 1. The van der Waals surface area contributed by atoms with Crippen LogP contribution in [-0.2, 0) is 19.7 Å². The number of hydrogen-bond acceptors (Lipinski definition) is 4. The topological polar surface area (TPSA) is 48.3 Å². The van der Waals surface area contributed by atoms with Gasteiger partial charge >= 0.3 is 0 Å². The van der Waals surface area contributed by atoms with Gasteiger partial charge in [0.15, 0.2) is 11.5 Å². The number of rotatable bonds is 7. The number of hydrogen-bond donors (Lipinski definition) is 1. The third-order valence-corrected chi connectivity index (χ3v) is 3.04. The van der Waals surface area contributed by atoms with Crippen LogP contribution in [0.4, 0.5) is 0 Å². The molecule has 0 aliphatic heterocycles. The molecule has 1 aromatic heterocycles. The number of nitrogens with zero attached hydrogens (tertiary/aromatic N) is 2. The Bertz CT molecular complexity index is 552. The molecule has 0 radical (unpaired) electrons. The van der Waals surface area contributed by atoms with Crippen LogP contribution in [0.15, 0.2) is 30.6 Å². The van der Waals surface area contributed by atoms with E-state index in [0.717, 1.165) is 35.7 Å². The quantitative estimate of drug-likeness (QED) is 0.841. The number of benzene rings is 1. The Kier molecular flexibility index (Phi) is 5.01. The van der Waals surface area contributed by atoms with Gasteiger partial charge in [-0.1, -0.05) is 12.1 Å². The molecule has 0 aliphatic rings. The first-order valence-electron chi connectivity index (χ1n) is 6.73. The summed E-state index contributed by atoms with van der Waals surface area (Å²) in [5, 5.41) is 7.38. The minimum absolute atomic E-state index is 0.483. The van der Waals surface area contributed by atoms with Crippen molar-refractivity contribution >= 4 is 0 Å². The zero-order valence-electron chi connectivity index (χ0n) is 12.2. The van der Waals surface area contributed by atoms with Crippen LogP contribution in [0.2, 0.25) is 0 Å². The summed E-state index contributed by atoms with van der Waals surface area (Å²) in [6.45, 7) is 4.14. The SMILES string of the molecule is CCn1cc(COc2c(CNC)cccc2OC)cn1. The van der Waals surface area contributed by atoms with Gasteiger partial charge in [0.2, 0.25) is 0 Å². The highest BCUT2D eigenvalue weighted by atomic mass is 16.5. The standard InChI is InChI=1S/C15H21N3O2/c1-4-18-10-12(8-17-18)11-20-15-13(9-16-2)6-5-7-14(15)19-3/h5-8,10,16H,4,9,11H2,1-3H3. The molecule has 20 heavy (non-hydrogen) atoms. The van der Waals surface area contributed by atoms with Crippen LogP contribution in [-0.4, -0.2) is 23.9 Å². The van der Waals surface area contributed by atoms with Gasteiger partial charge in [0, 0.05) is 30.4 Å². The van der Waals surface area contributed by atoms with Crippen molar-refractivity contribution in [3.8, 4) is 11.5 Å². The molecule has 1 N–H and O–H groups in total. The summed E-state index contributed by atoms with van der Waals surface area (Å²) in [6.07, 6.45) is 3.82. The summed E-state index contributed by atoms with van der Waals surface area (Å²) in [6, 6.07) is 5.90. The number of methoxy groups -OCH3 is 1. The van der Waals surface area contributed by atoms with Crippen molar-refractivity contribution < 1.29 is 9.47 Å². The van der Waals surface area contributed by atoms with E-state index < -0.39 is 0 Å². The third-order valence-electron chi connectivity index (χ3n) is 3.04. The molecule has 0 bridgehead atoms. The van der Waals surface area contributed by atoms with E-state index in [4.69, 9.17) is 9.47 Å². The summed E-state index contributed by atoms with van der Waals surface area (Å²) < 4.78 is 13.2. The number of aromatic nitrogens is 2. The second kappa shape index (κ2) is 6.96. The van der Waals surface area contributed by atoms with E-state index >= 15 is 0 Å². The first-order valence-corrected chi connectivity index (χ1v) is 6.73. The van der Waals surface area contributed by atoms with Crippen LogP contribution in [0.25, 0.3) is 0 Å². The molecule has 0 spiro atoms. The van der Waals surface area contributed by atoms with Crippen molar-refractivity contribution in [1.82, 2.24) is 15.1 Å². The third kappa shape index (κ3) is 3.30. The van der Waals surface area contributed by atoms with Crippen molar-refractivity contribution in [1.29, 1.82) is 0 Å². The summed E-state index contributed by atoms with van der Waals surface area (Å²) >= 11 is 0. The van der Waals surface area contributed by atoms with Gasteiger partial charge in [-0.05, 0) is 20.0 Å². The van der Waals surface area contributed by atoms with Crippen LogP contribution in [0.5, 0.6) is 11.5 Å². The van der Waals surface area contributed by atoms with Gasteiger partial charge in [0.25, 0.3) is 0 Å². The maximum absolute atomic E-state index is 5.94. The lowest BCUT2D eigenvalue weighted by molar-refractivity contribution is 0.281. The van der Waals surface area contributed by atoms with Crippen LogP contribution in [0.1, 0.15) is 18.1 Å². The Hall–Kier alpha value is -2.01. The molecule has 0 saturated heterocycles. The van der Waals surface area contributed by atoms with Crippen LogP contribution in [0, 0.1) is 0 Å². The van der Waals surface area contributed by atoms with Gasteiger partial charge in [0.1, 0.15) is 6.61 Å². The Morgan fingerprint density at radius 3 is 2.85 bits per heavy atom. The number of aryl methyl sites for hydroxylation is 1. The molecule has 5 heteroatoms. The highest BCUT2D eigenvalue weighted by Gasteiger charge is 2.10. The Balaban J connectivity index is 2.14. The molecule has 0 unspecified atom stereocenters. The molecule has 0 amide bonds. The highest BCUT2D eigenvalue weighted by molar-refractivity contribution is 5.46. The van der Waals surface area contributed by atoms with Gasteiger partial charge in [-0.25, -0.2) is 0 Å². The van der Waals surface area contributed by atoms with Gasteiger partial charge in [-0.3, -0.25) is 4.68 Å². The summed E-state index contributed by atoms with van der Waals surface area (Å²) in [5.74, 6) is 1.54. The molecule has 0 aliphatic carbocycles. The second-order valence-electron chi connectivity index (χ2n) is 4.47. The monoisotopic (exact) mass is 275 g/mol. The zero-order valence-corrected chi connectivity index (χ0v) is 12.2. The van der Waals surface area contributed by atoms with Crippen molar-refractivity contribution in [2.45, 2.75) is 26.6 Å². The summed E-state index contributed by atoms with van der Waals surface area (Å²) in [5.41, 5.74) is 2.13. The molecular weight excluding hydrogens is 254 g/mol. The molecule has 1 aromatic carbocycles. The lowest BCUT2D eigenvalue weighted by atomic mass is 10.2. The first kappa shape index (κ1) is 14.4. The molecule has 5 nitrogen and oxygen atoms in total. The smallest absolute Gasteiger partial charge is 0.166 e. The lowest BCUT2D eigenvalue weighted by Crippen LogP contribution is -2.08. The molecule has 0 atom stereocenters. The minimum Gasteiger partial charge on any atom is -0.493 e. The molecule has 0 saturated carbocycles. The van der Waals surface area contributed by atoms with Crippen LogP contribution < -0.4 is 14.8 Å². The van der Waals surface area contributed by atoms with Crippen molar-refractivity contribution in [3.63, 3.8) is 0 Å². The average Bonchev–Trinajstić information content (AvgIpc) is 2.94. The lowest BCUT2D eigenvalue weighted by Gasteiger charge is -2.14. The second-order valence-corrected chi connectivity index (χ2v) is 4.47. The van der Waals surface area contributed by atoms with E-state index in [0.29, 0.717) is 6.61 Å². The van der Waals surface area contributed by atoms with E-state index in [1.165, 1.54) is 0 Å². The van der Waals surface area contributed by atoms with Crippen molar-refractivity contribution in [2.75, 3.05) is 14.2 Å². The fourth-order valence-electron chi connectivity index (χ4n) is 2.02. The van der Waals surface area contributed by atoms with E-state index in [2.05, 4.69) is 17.3 Å². The fraction of sp³-hybridized carbons (Fsp3) is 0.400. The average molecular weight is 275 g/mol. The number of ether oxygens (including phenoxy) is 2. The van der Waals surface area contributed by atoms with Crippen LogP contribution >= 0.6 is 0 Å². The minimum atomic E-state index is 0.483. The van der Waals surface area contributed by atoms with Crippen molar-refractivity contribution in [3.05, 3.63) is 41.7 Å². The Labute approximate surface area is 119 Å². The largest absolute Gasteiger partial charge is 0.493 e. The summed E-state index contributed by atoms with van der Waals surface area (Å²) in [7, 11) is 3.56. The molecule has 108 valence electrons. The van der Waals surface area contributed by atoms with Crippen LogP contribution in [0.3, 0.4) is 0 Å². The maximum atomic E-state index is 5.94. The van der Waals surface area contributed by atoms with Gasteiger partial charge in [-0.2, -0.15) is 5.10 Å². The van der Waals surface area contributed by atoms with E-state index in [1.807, 2.05) is 42.3 Å². The fourth-order valence-corrected chi connectivity index (χ4v) is 2.02. The molecule has 2 aromatic rings. The number of para-hydroxylation sites is 1. The van der Waals surface area contributed by atoms with E-state index in [-0.39, 0.29) is 0 Å². The predicted octanol–water partition coefficient (Wildman–Crippen LogP) is 2.21. The highest BCUT2D eigenvalue weighted by Crippen LogP contribution is 2.31.